The number of anilines is 3. The number of ketones is 1. The van der Waals surface area contributed by atoms with Crippen molar-refractivity contribution in [2.24, 2.45) is 4.99 Å². The summed E-state index contributed by atoms with van der Waals surface area (Å²) in [6, 6.07) is 5.93. The Morgan fingerprint density at radius 1 is 1.00 bits per heavy atom. The Hall–Kier alpha value is -3.68. The molecule has 3 rings (SSSR count). The molecule has 5 N–H and O–H groups in total. The predicted molar refractivity (Wildman–Crippen MR) is 94.3 cm³/mol. The van der Waals surface area contributed by atoms with Gasteiger partial charge in [-0.1, -0.05) is 0 Å². The largest absolute Gasteiger partial charge is 0.508 e. The molecule has 26 heavy (non-hydrogen) atoms. The minimum Gasteiger partial charge on any atom is -0.508 e. The average molecular weight is 357 g/mol. The molecular formula is C18H13F2N3O3. The van der Waals surface area contributed by atoms with Gasteiger partial charge in [0.1, 0.15) is 17.3 Å². The minimum absolute atomic E-state index is 0.00735. The van der Waals surface area contributed by atoms with Crippen LogP contribution in [0, 0.1) is 5.82 Å². The molecule has 1 aliphatic carbocycles. The summed E-state index contributed by atoms with van der Waals surface area (Å²) >= 11 is 0. The van der Waals surface area contributed by atoms with E-state index in [9.17, 15) is 23.8 Å². The number of nitrogens with two attached hydrogens (primary N) is 1. The Labute approximate surface area is 146 Å². The molecule has 0 fully saturated rings. The summed E-state index contributed by atoms with van der Waals surface area (Å²) in [5.41, 5.74) is 6.05. The molecule has 0 amide bonds. The highest BCUT2D eigenvalue weighted by molar-refractivity contribution is 6.19. The van der Waals surface area contributed by atoms with Crippen LogP contribution in [0.25, 0.3) is 0 Å². The third-order valence-corrected chi connectivity index (χ3v) is 3.53. The zero-order chi connectivity index (χ0) is 18.8. The average Bonchev–Trinajstić information content (AvgIpc) is 2.56. The first-order valence-electron chi connectivity index (χ1n) is 7.40. The fraction of sp³-hybridized carbons (Fsp3) is 0. The Balaban J connectivity index is 2.00. The second kappa shape index (κ2) is 6.67. The maximum Gasteiger partial charge on any atom is 0.181 e. The lowest BCUT2D eigenvalue weighted by Crippen LogP contribution is -2.05. The van der Waals surface area contributed by atoms with Gasteiger partial charge in [0, 0.05) is 24.3 Å². The molecular weight excluding hydrogens is 344 g/mol. The molecule has 2 aromatic carbocycles. The van der Waals surface area contributed by atoms with Crippen LogP contribution in [0.3, 0.4) is 0 Å². The maximum atomic E-state index is 13.9. The van der Waals surface area contributed by atoms with Crippen molar-refractivity contribution >= 4 is 34.2 Å². The van der Waals surface area contributed by atoms with Crippen LogP contribution < -0.4 is 11.1 Å². The standard InChI is InChI=1S/C18H13F2N3O3/c19-12-5-9(24)1-3-14(12)22-16-7-11(26)8-17(18(16)21)23-15-4-2-10(25)6-13(15)20/h1-8,22,24,26H,21H2. The Morgan fingerprint density at radius 2 is 1.77 bits per heavy atom. The molecule has 0 atom stereocenters. The van der Waals surface area contributed by atoms with Gasteiger partial charge in [-0.3, -0.25) is 4.79 Å². The van der Waals surface area contributed by atoms with E-state index in [1.165, 1.54) is 30.3 Å². The fourth-order valence-electron chi connectivity index (χ4n) is 2.28. The van der Waals surface area contributed by atoms with Gasteiger partial charge in [-0.2, -0.15) is 0 Å². The van der Waals surface area contributed by atoms with Gasteiger partial charge in [0.15, 0.2) is 11.6 Å². The summed E-state index contributed by atoms with van der Waals surface area (Å²) in [5, 5.41) is 21.8. The van der Waals surface area contributed by atoms with E-state index in [0.717, 1.165) is 18.2 Å². The number of hydrogen-bond donors (Lipinski definition) is 4. The number of phenolic OH excluding ortho intramolecular Hbond substituents is 2. The van der Waals surface area contributed by atoms with Gasteiger partial charge in [-0.25, -0.2) is 13.8 Å². The molecule has 8 heteroatoms. The summed E-state index contributed by atoms with van der Waals surface area (Å²) in [4.78, 5) is 15.1. The number of benzene rings is 2. The molecule has 0 unspecified atom stereocenters. The zero-order valence-corrected chi connectivity index (χ0v) is 13.2. The summed E-state index contributed by atoms with van der Waals surface area (Å²) < 4.78 is 27.7. The Bertz CT molecular complexity index is 997. The van der Waals surface area contributed by atoms with Crippen LogP contribution in [0.1, 0.15) is 0 Å². The van der Waals surface area contributed by atoms with Gasteiger partial charge in [0.05, 0.1) is 28.5 Å². The SMILES string of the molecule is Nc1c(N=C2C=CC(=O)C=C2F)cc(O)cc1Nc1ccc(O)cc1F. The molecule has 0 saturated heterocycles. The Kier molecular flexibility index (Phi) is 4.40. The fourth-order valence-corrected chi connectivity index (χ4v) is 2.28. The van der Waals surface area contributed by atoms with Gasteiger partial charge < -0.3 is 21.3 Å². The number of nitrogen functional groups attached to an aromatic ring is 1. The quantitative estimate of drug-likeness (QED) is 0.381. The normalized spacial score (nSPS) is 15.2. The van der Waals surface area contributed by atoms with Crippen LogP contribution in [0.15, 0.2) is 59.4 Å². The summed E-state index contributed by atoms with van der Waals surface area (Å²) in [6.07, 6.45) is 3.11. The van der Waals surface area contributed by atoms with Crippen molar-refractivity contribution < 1.29 is 23.8 Å². The second-order valence-electron chi connectivity index (χ2n) is 5.44. The summed E-state index contributed by atoms with van der Waals surface area (Å²) in [7, 11) is 0. The first kappa shape index (κ1) is 17.2. The lowest BCUT2D eigenvalue weighted by Gasteiger charge is -2.13. The molecule has 6 nitrogen and oxygen atoms in total. The van der Waals surface area contributed by atoms with Gasteiger partial charge >= 0.3 is 0 Å². The highest BCUT2D eigenvalue weighted by atomic mass is 19.1. The summed E-state index contributed by atoms with van der Waals surface area (Å²) in [6.45, 7) is 0. The lowest BCUT2D eigenvalue weighted by atomic mass is 10.1. The van der Waals surface area contributed by atoms with Crippen molar-refractivity contribution in [1.29, 1.82) is 0 Å². The molecule has 0 aromatic heterocycles. The van der Waals surface area contributed by atoms with Gasteiger partial charge in [-0.15, -0.1) is 0 Å². The topological polar surface area (TPSA) is 108 Å². The van der Waals surface area contributed by atoms with E-state index in [1.807, 2.05) is 0 Å². The van der Waals surface area contributed by atoms with E-state index in [4.69, 9.17) is 5.73 Å². The lowest BCUT2D eigenvalue weighted by molar-refractivity contribution is -0.110. The van der Waals surface area contributed by atoms with E-state index in [0.29, 0.717) is 0 Å². The smallest absolute Gasteiger partial charge is 0.181 e. The second-order valence-corrected chi connectivity index (χ2v) is 5.44. The maximum absolute atomic E-state index is 13.9. The van der Waals surface area contributed by atoms with Crippen LogP contribution in [0.5, 0.6) is 11.5 Å². The van der Waals surface area contributed by atoms with E-state index >= 15 is 0 Å². The van der Waals surface area contributed by atoms with E-state index in [1.54, 1.807) is 0 Å². The molecule has 0 aliphatic heterocycles. The number of hydrogen-bond acceptors (Lipinski definition) is 6. The van der Waals surface area contributed by atoms with Crippen molar-refractivity contribution in [3.63, 3.8) is 0 Å². The first-order chi connectivity index (χ1) is 12.3. The number of aliphatic imine (C=N–C) groups is 1. The highest BCUT2D eigenvalue weighted by Gasteiger charge is 2.14. The van der Waals surface area contributed by atoms with Crippen molar-refractivity contribution in [2.45, 2.75) is 0 Å². The monoisotopic (exact) mass is 357 g/mol. The molecule has 132 valence electrons. The van der Waals surface area contributed by atoms with Crippen molar-refractivity contribution in [2.75, 3.05) is 11.1 Å². The predicted octanol–water partition coefficient (Wildman–Crippen LogP) is 3.63. The number of nitrogens with zero attached hydrogens (tertiary/aromatic N) is 1. The first-order valence-corrected chi connectivity index (χ1v) is 7.40. The van der Waals surface area contributed by atoms with Crippen LogP contribution in [0.2, 0.25) is 0 Å². The third kappa shape index (κ3) is 3.54. The van der Waals surface area contributed by atoms with Crippen molar-refractivity contribution in [3.8, 4) is 11.5 Å². The van der Waals surface area contributed by atoms with Crippen LogP contribution in [0.4, 0.5) is 31.5 Å². The van der Waals surface area contributed by atoms with Crippen molar-refractivity contribution in [3.05, 3.63) is 60.2 Å². The summed E-state index contributed by atoms with van der Waals surface area (Å²) in [5.74, 6) is -2.55. The number of rotatable bonds is 3. The molecule has 0 radical (unpaired) electrons. The Morgan fingerprint density at radius 3 is 2.46 bits per heavy atom. The molecule has 0 bridgehead atoms. The number of carbonyl (C=O) groups is 1. The molecule has 0 heterocycles. The number of halogens is 2. The third-order valence-electron chi connectivity index (χ3n) is 3.53. The number of nitrogens with one attached hydrogen (secondary N) is 1. The van der Waals surface area contributed by atoms with Crippen molar-refractivity contribution in [1.82, 2.24) is 0 Å². The number of phenols is 2. The number of aromatic hydroxyl groups is 2. The van der Waals surface area contributed by atoms with E-state index in [2.05, 4.69) is 10.3 Å². The highest BCUT2D eigenvalue weighted by Crippen LogP contribution is 2.37. The molecule has 1 aliphatic rings. The van der Waals surface area contributed by atoms with Gasteiger partial charge in [0.25, 0.3) is 0 Å². The molecule has 2 aromatic rings. The number of carbonyl (C=O) groups excluding carboxylic acids is 1. The molecule has 0 saturated carbocycles. The minimum atomic E-state index is -0.834. The zero-order valence-electron chi connectivity index (χ0n) is 13.2. The van der Waals surface area contributed by atoms with Gasteiger partial charge in [-0.05, 0) is 24.3 Å². The number of allylic oxidation sites excluding steroid dienone is 4. The van der Waals surface area contributed by atoms with Crippen LogP contribution in [-0.4, -0.2) is 21.7 Å². The van der Waals surface area contributed by atoms with E-state index < -0.39 is 17.4 Å². The van der Waals surface area contributed by atoms with Crippen LogP contribution >= 0.6 is 0 Å². The van der Waals surface area contributed by atoms with E-state index in [-0.39, 0.29) is 40.0 Å². The van der Waals surface area contributed by atoms with Crippen LogP contribution in [-0.2, 0) is 4.79 Å². The molecule has 0 spiro atoms. The van der Waals surface area contributed by atoms with Gasteiger partial charge in [0.2, 0.25) is 0 Å².